The number of nitrogens with two attached hydrogens (primary N) is 1. The molecule has 0 aliphatic rings. The second-order valence-electron chi connectivity index (χ2n) is 2.75. The number of aliphatic hydroxyl groups excluding tert-OH is 1. The SMILES string of the molecule is C[C@@H](N)c1cccc(F)c1CO.Cl. The normalized spacial score (nSPS) is 12.0. The minimum atomic E-state index is -0.396. The molecule has 0 aromatic heterocycles. The van der Waals surface area contributed by atoms with Gasteiger partial charge in [-0.05, 0) is 18.6 Å². The third-order valence-electron chi connectivity index (χ3n) is 1.80. The Labute approximate surface area is 83.0 Å². The zero-order valence-electron chi connectivity index (χ0n) is 7.33. The Bertz CT molecular complexity index is 278. The molecule has 2 nitrogen and oxygen atoms in total. The lowest BCUT2D eigenvalue weighted by Gasteiger charge is -2.10. The fraction of sp³-hybridized carbons (Fsp3) is 0.333. The highest BCUT2D eigenvalue weighted by atomic mass is 35.5. The van der Waals surface area contributed by atoms with Gasteiger partial charge in [-0.3, -0.25) is 0 Å². The number of halogens is 2. The lowest BCUT2D eigenvalue weighted by molar-refractivity contribution is 0.273. The van der Waals surface area contributed by atoms with Crippen LogP contribution in [0.3, 0.4) is 0 Å². The van der Waals surface area contributed by atoms with E-state index in [1.165, 1.54) is 6.07 Å². The number of hydrogen-bond donors (Lipinski definition) is 2. The molecule has 4 heteroatoms. The van der Waals surface area contributed by atoms with Crippen molar-refractivity contribution in [2.24, 2.45) is 5.73 Å². The zero-order valence-corrected chi connectivity index (χ0v) is 8.14. The highest BCUT2D eigenvalue weighted by Gasteiger charge is 2.09. The third-order valence-corrected chi connectivity index (χ3v) is 1.80. The van der Waals surface area contributed by atoms with E-state index in [0.29, 0.717) is 11.1 Å². The fourth-order valence-corrected chi connectivity index (χ4v) is 1.17. The molecule has 1 atom stereocenters. The third kappa shape index (κ3) is 2.66. The first kappa shape index (κ1) is 12.4. The molecule has 1 aromatic carbocycles. The Morgan fingerprint density at radius 3 is 2.54 bits per heavy atom. The summed E-state index contributed by atoms with van der Waals surface area (Å²) in [6, 6.07) is 4.38. The van der Waals surface area contributed by atoms with Crippen LogP contribution in [0.25, 0.3) is 0 Å². The van der Waals surface area contributed by atoms with E-state index in [4.69, 9.17) is 10.8 Å². The Morgan fingerprint density at radius 2 is 2.15 bits per heavy atom. The summed E-state index contributed by atoms with van der Waals surface area (Å²) < 4.78 is 13.0. The van der Waals surface area contributed by atoms with Crippen LogP contribution in [-0.4, -0.2) is 5.11 Å². The van der Waals surface area contributed by atoms with E-state index in [9.17, 15) is 4.39 Å². The molecule has 0 fully saturated rings. The van der Waals surface area contributed by atoms with Gasteiger partial charge in [0.15, 0.2) is 0 Å². The maximum absolute atomic E-state index is 13.0. The summed E-state index contributed by atoms with van der Waals surface area (Å²) in [5.74, 6) is -0.396. The van der Waals surface area contributed by atoms with Crippen LogP contribution in [-0.2, 0) is 6.61 Å². The van der Waals surface area contributed by atoms with Crippen LogP contribution in [0.5, 0.6) is 0 Å². The molecule has 0 bridgehead atoms. The van der Waals surface area contributed by atoms with Crippen molar-refractivity contribution < 1.29 is 9.50 Å². The summed E-state index contributed by atoms with van der Waals surface area (Å²) in [6.45, 7) is 1.46. The largest absolute Gasteiger partial charge is 0.392 e. The maximum Gasteiger partial charge on any atom is 0.129 e. The molecule has 3 N–H and O–H groups in total. The summed E-state index contributed by atoms with van der Waals surface area (Å²) >= 11 is 0. The second kappa shape index (κ2) is 5.17. The van der Waals surface area contributed by atoms with E-state index >= 15 is 0 Å². The zero-order chi connectivity index (χ0) is 9.14. The average Bonchev–Trinajstić information content (AvgIpc) is 2.03. The number of rotatable bonds is 2. The molecule has 1 aromatic rings. The van der Waals surface area contributed by atoms with Crippen molar-refractivity contribution in [3.05, 3.63) is 35.1 Å². The van der Waals surface area contributed by atoms with Crippen molar-refractivity contribution in [2.75, 3.05) is 0 Å². The van der Waals surface area contributed by atoms with Crippen LogP contribution >= 0.6 is 12.4 Å². The smallest absolute Gasteiger partial charge is 0.129 e. The van der Waals surface area contributed by atoms with Crippen LogP contribution in [0, 0.1) is 5.82 Å². The van der Waals surface area contributed by atoms with Crippen LogP contribution in [0.1, 0.15) is 24.1 Å². The van der Waals surface area contributed by atoms with Crippen molar-refractivity contribution in [1.29, 1.82) is 0 Å². The summed E-state index contributed by atoms with van der Waals surface area (Å²) in [4.78, 5) is 0. The fourth-order valence-electron chi connectivity index (χ4n) is 1.17. The van der Waals surface area contributed by atoms with Gasteiger partial charge in [0.2, 0.25) is 0 Å². The van der Waals surface area contributed by atoms with Crippen molar-refractivity contribution in [1.82, 2.24) is 0 Å². The highest BCUT2D eigenvalue weighted by molar-refractivity contribution is 5.85. The Hall–Kier alpha value is -0.640. The second-order valence-corrected chi connectivity index (χ2v) is 2.75. The molecule has 0 heterocycles. The molecule has 0 radical (unpaired) electrons. The molecule has 0 aliphatic carbocycles. The van der Waals surface area contributed by atoms with Crippen LogP contribution in [0.2, 0.25) is 0 Å². The first-order valence-corrected chi connectivity index (χ1v) is 3.80. The summed E-state index contributed by atoms with van der Waals surface area (Å²) in [7, 11) is 0. The Kier molecular flexibility index (Phi) is 4.91. The quantitative estimate of drug-likeness (QED) is 0.773. The van der Waals surface area contributed by atoms with Crippen molar-refractivity contribution in [3.8, 4) is 0 Å². The first-order valence-electron chi connectivity index (χ1n) is 3.80. The molecule has 0 amide bonds. The van der Waals surface area contributed by atoms with E-state index in [0.717, 1.165) is 0 Å². The van der Waals surface area contributed by atoms with Gasteiger partial charge in [0.05, 0.1) is 6.61 Å². The first-order chi connectivity index (χ1) is 5.66. The number of benzene rings is 1. The number of hydrogen-bond acceptors (Lipinski definition) is 2. The van der Waals surface area contributed by atoms with Crippen LogP contribution in [0.4, 0.5) is 4.39 Å². The maximum atomic E-state index is 13.0. The molecule has 0 spiro atoms. The molecular weight excluding hydrogens is 193 g/mol. The van der Waals surface area contributed by atoms with Gasteiger partial charge in [0, 0.05) is 11.6 Å². The van der Waals surface area contributed by atoms with Gasteiger partial charge in [-0.15, -0.1) is 12.4 Å². The van der Waals surface area contributed by atoms with Gasteiger partial charge in [-0.25, -0.2) is 4.39 Å². The lowest BCUT2D eigenvalue weighted by Crippen LogP contribution is -2.09. The van der Waals surface area contributed by atoms with E-state index in [1.54, 1.807) is 19.1 Å². The van der Waals surface area contributed by atoms with Gasteiger partial charge in [0.1, 0.15) is 5.82 Å². The monoisotopic (exact) mass is 205 g/mol. The molecule has 0 aliphatic heterocycles. The molecule has 0 saturated carbocycles. The topological polar surface area (TPSA) is 46.2 Å². The van der Waals surface area contributed by atoms with Gasteiger partial charge >= 0.3 is 0 Å². The Balaban J connectivity index is 0.00000144. The van der Waals surface area contributed by atoms with E-state index in [1.807, 2.05) is 0 Å². The minimum Gasteiger partial charge on any atom is -0.392 e. The van der Waals surface area contributed by atoms with E-state index in [2.05, 4.69) is 0 Å². The molecule has 0 unspecified atom stereocenters. The Morgan fingerprint density at radius 1 is 1.54 bits per heavy atom. The van der Waals surface area contributed by atoms with E-state index < -0.39 is 5.82 Å². The van der Waals surface area contributed by atoms with Crippen LogP contribution in [0.15, 0.2) is 18.2 Å². The standard InChI is InChI=1S/C9H12FNO.ClH/c1-6(11)7-3-2-4-9(10)8(7)5-12;/h2-4,6,12H,5,11H2,1H3;1H/t6-;/m1./s1. The molecule has 13 heavy (non-hydrogen) atoms. The predicted octanol–water partition coefficient (Wildman–Crippen LogP) is 1.76. The van der Waals surface area contributed by atoms with Gasteiger partial charge in [-0.1, -0.05) is 12.1 Å². The van der Waals surface area contributed by atoms with Crippen molar-refractivity contribution in [3.63, 3.8) is 0 Å². The minimum absolute atomic E-state index is 0. The van der Waals surface area contributed by atoms with Gasteiger partial charge in [-0.2, -0.15) is 0 Å². The van der Waals surface area contributed by atoms with Gasteiger partial charge < -0.3 is 10.8 Å². The highest BCUT2D eigenvalue weighted by Crippen LogP contribution is 2.18. The average molecular weight is 206 g/mol. The van der Waals surface area contributed by atoms with Crippen molar-refractivity contribution >= 4 is 12.4 Å². The molecule has 74 valence electrons. The summed E-state index contributed by atoms with van der Waals surface area (Å²) in [6.07, 6.45) is 0. The summed E-state index contributed by atoms with van der Waals surface area (Å²) in [5.41, 5.74) is 6.54. The molecule has 0 saturated heterocycles. The lowest BCUT2D eigenvalue weighted by atomic mass is 10.0. The van der Waals surface area contributed by atoms with E-state index in [-0.39, 0.29) is 25.1 Å². The summed E-state index contributed by atoms with van der Waals surface area (Å²) in [5, 5.41) is 8.85. The van der Waals surface area contributed by atoms with Gasteiger partial charge in [0.25, 0.3) is 0 Å². The molecular formula is C9H13ClFNO. The van der Waals surface area contributed by atoms with Crippen LogP contribution < -0.4 is 5.73 Å². The predicted molar refractivity (Wildman–Crippen MR) is 52.2 cm³/mol. The molecule has 1 rings (SSSR count). The number of aliphatic hydroxyl groups is 1. The van der Waals surface area contributed by atoms with Crippen molar-refractivity contribution in [2.45, 2.75) is 19.6 Å².